The summed E-state index contributed by atoms with van der Waals surface area (Å²) in [6, 6.07) is 22.9. The van der Waals surface area contributed by atoms with Crippen LogP contribution in [0.3, 0.4) is 0 Å². The molecule has 4 aromatic rings. The van der Waals surface area contributed by atoms with Crippen molar-refractivity contribution in [1.29, 1.82) is 0 Å². The molecule has 0 spiro atoms. The van der Waals surface area contributed by atoms with Crippen LogP contribution in [0.2, 0.25) is 0 Å². The van der Waals surface area contributed by atoms with E-state index in [1.807, 2.05) is 73.7 Å². The number of benzene rings is 3. The fraction of sp³-hybridized carbons (Fsp3) is 0.0909. The van der Waals surface area contributed by atoms with Gasteiger partial charge in [-0.1, -0.05) is 54.6 Å². The topological polar surface area (TPSA) is 51.1 Å². The smallest absolute Gasteiger partial charge is 0.251 e. The average Bonchev–Trinajstić information content (AvgIpc) is 2.65. The van der Waals surface area contributed by atoms with Crippen molar-refractivity contribution in [2.24, 2.45) is 0 Å². The molecular formula is C22H18N2O2. The number of rotatable bonds is 3. The summed E-state index contributed by atoms with van der Waals surface area (Å²) in [5, 5.41) is 5.95. The highest BCUT2D eigenvalue weighted by Crippen LogP contribution is 2.23. The van der Waals surface area contributed by atoms with Gasteiger partial charge in [0.25, 0.3) is 5.56 Å². The first-order valence-corrected chi connectivity index (χ1v) is 8.50. The minimum atomic E-state index is -0.225. The predicted molar refractivity (Wildman–Crippen MR) is 106 cm³/mol. The van der Waals surface area contributed by atoms with Gasteiger partial charge in [0.1, 0.15) is 6.54 Å². The number of hydrogen-bond acceptors (Lipinski definition) is 2. The average molecular weight is 342 g/mol. The molecule has 0 aliphatic heterocycles. The predicted octanol–water partition coefficient (Wildman–Crippen LogP) is 4.10. The third-order valence-corrected chi connectivity index (χ3v) is 4.59. The molecule has 0 atom stereocenters. The van der Waals surface area contributed by atoms with Crippen LogP contribution in [-0.2, 0) is 11.3 Å². The van der Waals surface area contributed by atoms with Crippen molar-refractivity contribution in [1.82, 2.24) is 4.57 Å². The van der Waals surface area contributed by atoms with Gasteiger partial charge < -0.3 is 5.32 Å². The lowest BCUT2D eigenvalue weighted by Crippen LogP contribution is -2.27. The van der Waals surface area contributed by atoms with Crippen molar-refractivity contribution in [2.75, 3.05) is 5.32 Å². The fourth-order valence-corrected chi connectivity index (χ4v) is 3.33. The van der Waals surface area contributed by atoms with Crippen molar-refractivity contribution >= 4 is 33.3 Å². The van der Waals surface area contributed by atoms with Crippen molar-refractivity contribution in [3.05, 3.63) is 88.7 Å². The molecule has 4 heteroatoms. The van der Waals surface area contributed by atoms with E-state index in [2.05, 4.69) is 5.32 Å². The van der Waals surface area contributed by atoms with E-state index in [4.69, 9.17) is 0 Å². The molecule has 4 nitrogen and oxygen atoms in total. The third kappa shape index (κ3) is 2.86. The van der Waals surface area contributed by atoms with Gasteiger partial charge in [0.2, 0.25) is 5.91 Å². The van der Waals surface area contributed by atoms with Crippen LogP contribution in [-0.4, -0.2) is 10.5 Å². The Bertz CT molecular complexity index is 1190. The van der Waals surface area contributed by atoms with Gasteiger partial charge in [-0.15, -0.1) is 0 Å². The minimum absolute atomic E-state index is 0.0250. The molecule has 1 amide bonds. The highest BCUT2D eigenvalue weighted by atomic mass is 16.2. The number of hydrogen-bond donors (Lipinski definition) is 1. The molecule has 1 heterocycles. The van der Waals surface area contributed by atoms with Gasteiger partial charge in [-0.05, 0) is 30.0 Å². The van der Waals surface area contributed by atoms with Crippen molar-refractivity contribution in [3.8, 4) is 0 Å². The molecule has 0 fully saturated rings. The number of anilines is 1. The van der Waals surface area contributed by atoms with Gasteiger partial charge in [-0.2, -0.15) is 0 Å². The lowest BCUT2D eigenvalue weighted by atomic mass is 10.1. The van der Waals surface area contributed by atoms with Crippen LogP contribution in [0.4, 0.5) is 5.69 Å². The van der Waals surface area contributed by atoms with Gasteiger partial charge in [0.05, 0.1) is 5.52 Å². The van der Waals surface area contributed by atoms with Gasteiger partial charge in [0, 0.05) is 22.5 Å². The Kier molecular flexibility index (Phi) is 4.01. The van der Waals surface area contributed by atoms with Crippen LogP contribution in [0.1, 0.15) is 5.56 Å². The molecule has 0 aliphatic carbocycles. The van der Waals surface area contributed by atoms with E-state index in [9.17, 15) is 9.59 Å². The Hall–Kier alpha value is -3.40. The molecule has 0 unspecified atom stereocenters. The molecule has 128 valence electrons. The number of amides is 1. The van der Waals surface area contributed by atoms with Gasteiger partial charge >= 0.3 is 0 Å². The van der Waals surface area contributed by atoms with Crippen LogP contribution in [0.15, 0.2) is 77.6 Å². The quantitative estimate of drug-likeness (QED) is 0.609. The maximum Gasteiger partial charge on any atom is 0.251 e. The molecule has 3 aromatic carbocycles. The second-order valence-electron chi connectivity index (χ2n) is 6.34. The number of fused-ring (bicyclic) bond motifs is 2. The lowest BCUT2D eigenvalue weighted by Gasteiger charge is -2.13. The zero-order valence-corrected chi connectivity index (χ0v) is 14.4. The molecule has 0 aliphatic rings. The molecule has 0 saturated carbocycles. The summed E-state index contributed by atoms with van der Waals surface area (Å²) in [7, 11) is 0. The normalized spacial score (nSPS) is 11.0. The molecular weight excluding hydrogens is 324 g/mol. The molecule has 26 heavy (non-hydrogen) atoms. The van der Waals surface area contributed by atoms with E-state index in [1.165, 1.54) is 4.57 Å². The largest absolute Gasteiger partial charge is 0.324 e. The van der Waals surface area contributed by atoms with Gasteiger partial charge in [-0.25, -0.2) is 0 Å². The van der Waals surface area contributed by atoms with Crippen molar-refractivity contribution < 1.29 is 4.79 Å². The maximum atomic E-state index is 12.6. The SMILES string of the molecule is Cc1cc(=O)n(CC(=O)Nc2cccc3ccccc23)c2ccccc12. The zero-order valence-electron chi connectivity index (χ0n) is 14.4. The highest BCUT2D eigenvalue weighted by molar-refractivity contribution is 6.02. The van der Waals surface area contributed by atoms with E-state index >= 15 is 0 Å². The summed E-state index contributed by atoms with van der Waals surface area (Å²) < 4.78 is 1.52. The second kappa shape index (κ2) is 6.48. The number of carbonyl (C=O) groups is 1. The van der Waals surface area contributed by atoms with Gasteiger partial charge in [0.15, 0.2) is 0 Å². The van der Waals surface area contributed by atoms with E-state index < -0.39 is 0 Å². The monoisotopic (exact) mass is 342 g/mol. The minimum Gasteiger partial charge on any atom is -0.324 e. The van der Waals surface area contributed by atoms with Crippen LogP contribution >= 0.6 is 0 Å². The Morgan fingerprint density at radius 1 is 0.923 bits per heavy atom. The summed E-state index contributed by atoms with van der Waals surface area (Å²) in [4.78, 5) is 25.1. The number of nitrogens with one attached hydrogen (secondary N) is 1. The summed E-state index contributed by atoms with van der Waals surface area (Å²) in [6.45, 7) is 1.88. The van der Waals surface area contributed by atoms with Crippen LogP contribution in [0.25, 0.3) is 21.7 Å². The number of carbonyl (C=O) groups excluding carboxylic acids is 1. The molecule has 0 saturated heterocycles. The summed E-state index contributed by atoms with van der Waals surface area (Å²) in [5.74, 6) is -0.225. The zero-order chi connectivity index (χ0) is 18.1. The Balaban J connectivity index is 1.69. The second-order valence-corrected chi connectivity index (χ2v) is 6.34. The van der Waals surface area contributed by atoms with E-state index in [0.717, 1.165) is 32.9 Å². The number of pyridine rings is 1. The summed E-state index contributed by atoms with van der Waals surface area (Å²) in [5.41, 5.74) is 2.26. The molecule has 1 aromatic heterocycles. The first-order valence-electron chi connectivity index (χ1n) is 8.50. The van der Waals surface area contributed by atoms with Crippen LogP contribution in [0, 0.1) is 6.92 Å². The number of para-hydroxylation sites is 1. The highest BCUT2D eigenvalue weighted by Gasteiger charge is 2.11. The Morgan fingerprint density at radius 3 is 2.46 bits per heavy atom. The van der Waals surface area contributed by atoms with E-state index in [1.54, 1.807) is 6.07 Å². The van der Waals surface area contributed by atoms with Crippen molar-refractivity contribution in [3.63, 3.8) is 0 Å². The number of aryl methyl sites for hydroxylation is 1. The van der Waals surface area contributed by atoms with Gasteiger partial charge in [-0.3, -0.25) is 14.2 Å². The molecule has 0 radical (unpaired) electrons. The summed E-state index contributed by atoms with van der Waals surface area (Å²) in [6.07, 6.45) is 0. The fourth-order valence-electron chi connectivity index (χ4n) is 3.33. The molecule has 4 rings (SSSR count). The third-order valence-electron chi connectivity index (χ3n) is 4.59. The Morgan fingerprint density at radius 2 is 1.62 bits per heavy atom. The molecule has 1 N–H and O–H groups in total. The van der Waals surface area contributed by atoms with E-state index in [-0.39, 0.29) is 18.0 Å². The molecule has 0 bridgehead atoms. The van der Waals surface area contributed by atoms with Crippen LogP contribution in [0.5, 0.6) is 0 Å². The van der Waals surface area contributed by atoms with E-state index in [0.29, 0.717) is 0 Å². The Labute approximate surface area is 150 Å². The van der Waals surface area contributed by atoms with Crippen molar-refractivity contribution in [2.45, 2.75) is 13.5 Å². The first kappa shape index (κ1) is 16.1. The number of nitrogens with zero attached hydrogens (tertiary/aromatic N) is 1. The first-order chi connectivity index (χ1) is 12.6. The number of aromatic nitrogens is 1. The lowest BCUT2D eigenvalue weighted by molar-refractivity contribution is -0.116. The maximum absolute atomic E-state index is 12.6. The van der Waals surface area contributed by atoms with Crippen LogP contribution < -0.4 is 10.9 Å². The standard InChI is InChI=1S/C22H18N2O2/c1-15-13-22(26)24(20-12-5-4-9-17(15)20)14-21(25)23-19-11-6-8-16-7-2-3-10-18(16)19/h2-13H,14H2,1H3,(H,23,25). The summed E-state index contributed by atoms with van der Waals surface area (Å²) >= 11 is 0.